The highest BCUT2D eigenvalue weighted by molar-refractivity contribution is 5.97. The molecular weight excluding hydrogens is 360 g/mol. The van der Waals surface area contributed by atoms with Crippen molar-refractivity contribution in [1.29, 1.82) is 5.41 Å². The highest BCUT2D eigenvalue weighted by Crippen LogP contribution is 2.18. The highest BCUT2D eigenvalue weighted by Gasteiger charge is 2.33. The van der Waals surface area contributed by atoms with Crippen molar-refractivity contribution in [2.75, 3.05) is 26.8 Å². The van der Waals surface area contributed by atoms with Gasteiger partial charge >= 0.3 is 6.03 Å². The lowest BCUT2D eigenvalue weighted by Crippen LogP contribution is -2.57. The molecule has 1 saturated heterocycles. The molecule has 9 heteroatoms. The number of aliphatic hydroxyl groups is 1. The van der Waals surface area contributed by atoms with Crippen LogP contribution in [0.25, 0.3) is 0 Å². The van der Waals surface area contributed by atoms with Crippen molar-refractivity contribution in [1.82, 2.24) is 15.5 Å². The fourth-order valence-corrected chi connectivity index (χ4v) is 3.16. The van der Waals surface area contributed by atoms with Gasteiger partial charge in [-0.15, -0.1) is 0 Å². The van der Waals surface area contributed by atoms with E-state index in [1.165, 1.54) is 0 Å². The molecular formula is C19H26N6O3. The summed E-state index contributed by atoms with van der Waals surface area (Å²) in [5.74, 6) is 0.277. The summed E-state index contributed by atoms with van der Waals surface area (Å²) in [6.07, 6.45) is 2.80. The first-order valence-electron chi connectivity index (χ1n) is 9.12. The maximum atomic E-state index is 12.4. The number of ether oxygens (including phenoxy) is 1. The summed E-state index contributed by atoms with van der Waals surface area (Å²) < 4.78 is 5.20. The van der Waals surface area contributed by atoms with E-state index in [-0.39, 0.29) is 12.0 Å². The van der Waals surface area contributed by atoms with Gasteiger partial charge in [-0.1, -0.05) is 30.3 Å². The summed E-state index contributed by atoms with van der Waals surface area (Å²) in [5.41, 5.74) is 7.08. The Morgan fingerprint density at radius 1 is 1.43 bits per heavy atom. The molecule has 2 aliphatic heterocycles. The van der Waals surface area contributed by atoms with E-state index in [4.69, 9.17) is 15.9 Å². The van der Waals surface area contributed by atoms with Gasteiger partial charge in [0.15, 0.2) is 0 Å². The molecule has 0 aromatic heterocycles. The van der Waals surface area contributed by atoms with Crippen molar-refractivity contribution in [3.05, 3.63) is 47.8 Å². The molecule has 1 fully saturated rings. The molecule has 2 aliphatic rings. The summed E-state index contributed by atoms with van der Waals surface area (Å²) in [6, 6.07) is 8.34. The number of aliphatic hydroxyl groups excluding tert-OH is 1. The summed E-state index contributed by atoms with van der Waals surface area (Å²) in [6.45, 7) is 1.21. The van der Waals surface area contributed by atoms with E-state index in [1.54, 1.807) is 24.3 Å². The van der Waals surface area contributed by atoms with E-state index in [0.29, 0.717) is 31.4 Å². The number of hydrogen-bond donors (Lipinski definition) is 5. The third kappa shape index (κ3) is 4.75. The Hall–Kier alpha value is -2.75. The van der Waals surface area contributed by atoms with E-state index in [1.807, 2.05) is 30.3 Å². The second-order valence-electron chi connectivity index (χ2n) is 6.89. The molecule has 150 valence electrons. The molecule has 0 bridgehead atoms. The van der Waals surface area contributed by atoms with Gasteiger partial charge in [0, 0.05) is 32.5 Å². The molecule has 9 nitrogen and oxygen atoms in total. The fourth-order valence-electron chi connectivity index (χ4n) is 3.16. The quantitative estimate of drug-likeness (QED) is 0.351. The van der Waals surface area contributed by atoms with Crippen LogP contribution in [-0.4, -0.2) is 67.0 Å². The number of methoxy groups -OCH3 is 1. The zero-order valence-electron chi connectivity index (χ0n) is 15.7. The number of hydrogen-bond acceptors (Lipinski definition) is 6. The van der Waals surface area contributed by atoms with Crippen LogP contribution < -0.4 is 16.4 Å². The Morgan fingerprint density at radius 2 is 2.14 bits per heavy atom. The number of urea groups is 1. The van der Waals surface area contributed by atoms with Gasteiger partial charge in [-0.3, -0.25) is 10.7 Å². The number of carbonyl (C=O) groups excluding carboxylic acids is 1. The molecule has 1 aromatic rings. The molecule has 28 heavy (non-hydrogen) atoms. The average Bonchev–Trinajstić information content (AvgIpc) is 2.65. The number of nitrogens with one attached hydrogen (secondary N) is 3. The minimum atomic E-state index is -0.484. The van der Waals surface area contributed by atoms with E-state index < -0.39 is 18.2 Å². The van der Waals surface area contributed by atoms with Gasteiger partial charge in [0.05, 0.1) is 24.7 Å². The molecule has 0 radical (unpaired) electrons. The molecule has 6 N–H and O–H groups in total. The number of aliphatic imine (C=N–C) groups is 1. The number of benzene rings is 1. The number of carbonyl (C=O) groups is 1. The van der Waals surface area contributed by atoms with Crippen LogP contribution in [0.1, 0.15) is 11.6 Å². The second kappa shape index (κ2) is 8.96. The first kappa shape index (κ1) is 20.0. The highest BCUT2D eigenvalue weighted by atomic mass is 16.5. The van der Waals surface area contributed by atoms with E-state index in [2.05, 4.69) is 15.6 Å². The molecule has 2 unspecified atom stereocenters. The predicted octanol–water partition coefficient (Wildman–Crippen LogP) is 0.196. The number of nitrogens with two attached hydrogens (primary N) is 1. The van der Waals surface area contributed by atoms with Crippen LogP contribution in [0.5, 0.6) is 0 Å². The largest absolute Gasteiger partial charge is 0.389 e. The van der Waals surface area contributed by atoms with Crippen LogP contribution in [0.3, 0.4) is 0 Å². The van der Waals surface area contributed by atoms with Gasteiger partial charge in [-0.2, -0.15) is 0 Å². The maximum Gasteiger partial charge on any atom is 0.320 e. The number of amides is 2. The summed E-state index contributed by atoms with van der Waals surface area (Å²) in [4.78, 5) is 18.4. The molecule has 0 aliphatic carbocycles. The minimum Gasteiger partial charge on any atom is -0.389 e. The molecule has 2 amide bonds. The average molecular weight is 386 g/mol. The van der Waals surface area contributed by atoms with Gasteiger partial charge < -0.3 is 25.8 Å². The topological polar surface area (TPSA) is 136 Å². The number of likely N-dealkylation sites (tertiary alicyclic amines) is 1. The number of amidine groups is 1. The first-order valence-corrected chi connectivity index (χ1v) is 9.12. The van der Waals surface area contributed by atoms with E-state index >= 15 is 0 Å². The van der Waals surface area contributed by atoms with Crippen molar-refractivity contribution in [2.45, 2.75) is 18.2 Å². The van der Waals surface area contributed by atoms with Crippen molar-refractivity contribution in [3.63, 3.8) is 0 Å². The van der Waals surface area contributed by atoms with Crippen LogP contribution in [-0.2, 0) is 4.74 Å². The Bertz CT molecular complexity index is 760. The second-order valence-corrected chi connectivity index (χ2v) is 6.89. The van der Waals surface area contributed by atoms with Crippen LogP contribution in [0, 0.1) is 11.3 Å². The summed E-state index contributed by atoms with van der Waals surface area (Å²) >= 11 is 0. The number of β-amino-alcohol motifs (C(OH)–C–C–N with tert-alkyl or cyclic N) is 1. The van der Waals surface area contributed by atoms with Crippen molar-refractivity contribution < 1.29 is 14.6 Å². The molecule has 3 atom stereocenters. The monoisotopic (exact) mass is 386 g/mol. The molecule has 0 spiro atoms. The third-order valence-electron chi connectivity index (χ3n) is 4.74. The zero-order valence-corrected chi connectivity index (χ0v) is 15.7. The van der Waals surface area contributed by atoms with Crippen LogP contribution in [0.2, 0.25) is 0 Å². The summed E-state index contributed by atoms with van der Waals surface area (Å²) in [7, 11) is 1.58. The van der Waals surface area contributed by atoms with Crippen molar-refractivity contribution in [2.24, 2.45) is 16.6 Å². The van der Waals surface area contributed by atoms with E-state index in [0.717, 1.165) is 5.56 Å². The molecule has 3 rings (SSSR count). The van der Waals surface area contributed by atoms with Gasteiger partial charge in [0.25, 0.3) is 0 Å². The zero-order chi connectivity index (χ0) is 20.1. The van der Waals surface area contributed by atoms with Crippen LogP contribution >= 0.6 is 0 Å². The van der Waals surface area contributed by atoms with E-state index in [9.17, 15) is 9.90 Å². The van der Waals surface area contributed by atoms with Crippen LogP contribution in [0.4, 0.5) is 4.79 Å². The lowest BCUT2D eigenvalue weighted by Gasteiger charge is -2.40. The lowest BCUT2D eigenvalue weighted by atomic mass is 9.95. The van der Waals surface area contributed by atoms with Gasteiger partial charge in [-0.25, -0.2) is 9.79 Å². The van der Waals surface area contributed by atoms with Gasteiger partial charge in [0.2, 0.25) is 0 Å². The Balaban J connectivity index is 1.56. The summed E-state index contributed by atoms with van der Waals surface area (Å²) in [5, 5.41) is 23.1. The SMILES string of the molecule is COC[C@@H](NC(=O)NC1=CC(N)C(C(=N)N2CC(O)C2)C=N1)c1ccccc1. The number of rotatable bonds is 6. The molecule has 0 saturated carbocycles. The Labute approximate surface area is 163 Å². The van der Waals surface area contributed by atoms with Crippen LogP contribution in [0.15, 0.2) is 47.2 Å². The lowest BCUT2D eigenvalue weighted by molar-refractivity contribution is 0.0437. The molecule has 2 heterocycles. The maximum absolute atomic E-state index is 12.4. The fraction of sp³-hybridized carbons (Fsp3) is 0.421. The first-order chi connectivity index (χ1) is 13.5. The smallest absolute Gasteiger partial charge is 0.320 e. The van der Waals surface area contributed by atoms with Gasteiger partial charge in [-0.05, 0) is 11.6 Å². The van der Waals surface area contributed by atoms with Crippen molar-refractivity contribution in [3.8, 4) is 0 Å². The third-order valence-corrected chi connectivity index (χ3v) is 4.74. The Kier molecular flexibility index (Phi) is 6.40. The standard InChI is InChI=1S/C19H26N6O3/c1-28-11-16(12-5-3-2-4-6-12)23-19(27)24-17-7-15(20)14(8-22-17)18(21)25-9-13(26)10-25/h2-8,13-16,21,26H,9-11,20H2,1H3,(H2,23,24,27)/t14?,15?,16-/m1/s1. The van der Waals surface area contributed by atoms with Crippen molar-refractivity contribution >= 4 is 18.1 Å². The normalized spacial score (nSPS) is 22.8. The van der Waals surface area contributed by atoms with Gasteiger partial charge in [0.1, 0.15) is 11.7 Å². The minimum absolute atomic E-state index is 0.299. The predicted molar refractivity (Wildman–Crippen MR) is 106 cm³/mol. The number of nitrogens with zero attached hydrogens (tertiary/aromatic N) is 2. The molecule has 1 aromatic carbocycles. The Morgan fingerprint density at radius 3 is 2.75 bits per heavy atom.